The van der Waals surface area contributed by atoms with E-state index in [1.807, 2.05) is 24.3 Å². The van der Waals surface area contributed by atoms with E-state index in [0.717, 1.165) is 43.9 Å². The van der Waals surface area contributed by atoms with Crippen LogP contribution in [0.3, 0.4) is 0 Å². The molecular formula is C20H24F2N2O. The predicted octanol–water partition coefficient (Wildman–Crippen LogP) is 3.03. The normalized spacial score (nSPS) is 19.2. The Bertz CT molecular complexity index is 660. The zero-order chi connectivity index (χ0) is 17.6. The van der Waals surface area contributed by atoms with E-state index in [2.05, 4.69) is 9.80 Å². The summed E-state index contributed by atoms with van der Waals surface area (Å²) >= 11 is 0. The van der Waals surface area contributed by atoms with Crippen LogP contribution in [0, 0.1) is 11.6 Å². The van der Waals surface area contributed by atoms with Gasteiger partial charge in [-0.3, -0.25) is 9.80 Å². The molecular weight excluding hydrogens is 322 g/mol. The number of nitrogens with zero attached hydrogens (tertiary/aromatic N) is 2. The molecule has 0 saturated carbocycles. The van der Waals surface area contributed by atoms with Gasteiger partial charge in [0, 0.05) is 45.4 Å². The van der Waals surface area contributed by atoms with Crippen LogP contribution < -0.4 is 0 Å². The zero-order valence-electron chi connectivity index (χ0n) is 14.2. The van der Waals surface area contributed by atoms with E-state index in [0.29, 0.717) is 6.42 Å². The van der Waals surface area contributed by atoms with E-state index in [-0.39, 0.29) is 24.3 Å². The molecule has 3 nitrogen and oxygen atoms in total. The smallest absolute Gasteiger partial charge is 0.123 e. The summed E-state index contributed by atoms with van der Waals surface area (Å²) in [5.41, 5.74) is 2.17. The minimum atomic E-state index is -0.222. The van der Waals surface area contributed by atoms with Crippen LogP contribution in [0.2, 0.25) is 0 Å². The van der Waals surface area contributed by atoms with Crippen LogP contribution in [0.4, 0.5) is 8.78 Å². The van der Waals surface area contributed by atoms with Crippen molar-refractivity contribution in [2.45, 2.75) is 25.6 Å². The molecule has 1 saturated heterocycles. The van der Waals surface area contributed by atoms with Gasteiger partial charge < -0.3 is 5.11 Å². The van der Waals surface area contributed by atoms with Crippen molar-refractivity contribution in [2.24, 2.45) is 0 Å². The van der Waals surface area contributed by atoms with Gasteiger partial charge in [0.25, 0.3) is 0 Å². The molecule has 5 heteroatoms. The van der Waals surface area contributed by atoms with Crippen molar-refractivity contribution in [3.8, 4) is 0 Å². The maximum absolute atomic E-state index is 13.1. The van der Waals surface area contributed by atoms with Crippen LogP contribution in [-0.2, 0) is 13.1 Å². The molecule has 1 fully saturated rings. The second-order valence-electron chi connectivity index (χ2n) is 6.62. The van der Waals surface area contributed by atoms with Gasteiger partial charge >= 0.3 is 0 Å². The molecule has 2 aromatic carbocycles. The lowest BCUT2D eigenvalue weighted by atomic mass is 10.1. The van der Waals surface area contributed by atoms with Crippen LogP contribution in [0.1, 0.15) is 17.5 Å². The number of halogens is 2. The Balaban J connectivity index is 1.61. The first kappa shape index (κ1) is 18.0. The van der Waals surface area contributed by atoms with Gasteiger partial charge in [-0.1, -0.05) is 24.3 Å². The molecule has 0 aliphatic carbocycles. The van der Waals surface area contributed by atoms with Gasteiger partial charge in [0.1, 0.15) is 11.6 Å². The number of aliphatic hydroxyl groups excluding tert-OH is 1. The first-order chi connectivity index (χ1) is 12.1. The number of hydrogen-bond acceptors (Lipinski definition) is 3. The molecule has 1 aliphatic heterocycles. The van der Waals surface area contributed by atoms with Gasteiger partial charge in [-0.2, -0.15) is 0 Å². The second kappa shape index (κ2) is 8.52. The quantitative estimate of drug-likeness (QED) is 0.871. The highest BCUT2D eigenvalue weighted by molar-refractivity contribution is 5.17. The average molecular weight is 346 g/mol. The Labute approximate surface area is 147 Å². The van der Waals surface area contributed by atoms with Crippen molar-refractivity contribution in [3.63, 3.8) is 0 Å². The van der Waals surface area contributed by atoms with Gasteiger partial charge in [-0.05, 0) is 41.8 Å². The van der Waals surface area contributed by atoms with Crippen LogP contribution in [0.5, 0.6) is 0 Å². The van der Waals surface area contributed by atoms with E-state index >= 15 is 0 Å². The Morgan fingerprint density at radius 1 is 0.840 bits per heavy atom. The third kappa shape index (κ3) is 5.08. The van der Waals surface area contributed by atoms with Gasteiger partial charge in [0.2, 0.25) is 0 Å². The third-order valence-corrected chi connectivity index (χ3v) is 4.77. The van der Waals surface area contributed by atoms with Crippen molar-refractivity contribution < 1.29 is 13.9 Å². The molecule has 0 bridgehead atoms. The highest BCUT2D eigenvalue weighted by Crippen LogP contribution is 2.19. The lowest BCUT2D eigenvalue weighted by molar-refractivity contribution is 0.0499. The first-order valence-electron chi connectivity index (χ1n) is 8.70. The molecule has 3 rings (SSSR count). The van der Waals surface area contributed by atoms with Crippen LogP contribution in [0.25, 0.3) is 0 Å². The molecule has 134 valence electrons. The fourth-order valence-corrected chi connectivity index (χ4v) is 3.40. The molecule has 2 aromatic rings. The summed E-state index contributed by atoms with van der Waals surface area (Å²) in [7, 11) is 0. The highest BCUT2D eigenvalue weighted by Gasteiger charge is 2.26. The zero-order valence-corrected chi connectivity index (χ0v) is 14.2. The van der Waals surface area contributed by atoms with Crippen molar-refractivity contribution in [2.75, 3.05) is 26.2 Å². The third-order valence-electron chi connectivity index (χ3n) is 4.77. The SMILES string of the molecule is OCCC1CN(Cc2ccc(F)cc2)CCN1Cc1ccc(F)cc1. The summed E-state index contributed by atoms with van der Waals surface area (Å²) in [6.45, 7) is 4.36. The minimum absolute atomic E-state index is 0.148. The fraction of sp³-hybridized carbons (Fsp3) is 0.400. The Morgan fingerprint density at radius 2 is 1.40 bits per heavy atom. The van der Waals surface area contributed by atoms with Crippen molar-refractivity contribution in [1.82, 2.24) is 9.80 Å². The molecule has 0 aromatic heterocycles. The molecule has 25 heavy (non-hydrogen) atoms. The summed E-state index contributed by atoms with van der Waals surface area (Å²) in [5.74, 6) is -0.439. The van der Waals surface area contributed by atoms with Gasteiger partial charge in [0.05, 0.1) is 0 Å². The monoisotopic (exact) mass is 346 g/mol. The molecule has 0 amide bonds. The van der Waals surface area contributed by atoms with Crippen LogP contribution in [0.15, 0.2) is 48.5 Å². The number of rotatable bonds is 6. The van der Waals surface area contributed by atoms with Crippen LogP contribution >= 0.6 is 0 Å². The number of piperazine rings is 1. The van der Waals surface area contributed by atoms with E-state index < -0.39 is 0 Å². The lowest BCUT2D eigenvalue weighted by Crippen LogP contribution is -2.52. The molecule has 0 spiro atoms. The first-order valence-corrected chi connectivity index (χ1v) is 8.70. The Kier molecular flexibility index (Phi) is 6.13. The summed E-state index contributed by atoms with van der Waals surface area (Å²) in [6, 6.07) is 13.5. The molecule has 0 radical (unpaired) electrons. The summed E-state index contributed by atoms with van der Waals surface area (Å²) < 4.78 is 26.1. The number of aliphatic hydroxyl groups is 1. The van der Waals surface area contributed by atoms with E-state index in [9.17, 15) is 13.9 Å². The second-order valence-corrected chi connectivity index (χ2v) is 6.62. The maximum atomic E-state index is 13.1. The van der Waals surface area contributed by atoms with E-state index in [4.69, 9.17) is 0 Å². The highest BCUT2D eigenvalue weighted by atomic mass is 19.1. The van der Waals surface area contributed by atoms with E-state index in [1.165, 1.54) is 24.3 Å². The van der Waals surface area contributed by atoms with Gasteiger partial charge in [-0.25, -0.2) is 8.78 Å². The van der Waals surface area contributed by atoms with Gasteiger partial charge in [-0.15, -0.1) is 0 Å². The summed E-state index contributed by atoms with van der Waals surface area (Å²) in [4.78, 5) is 4.69. The number of benzene rings is 2. The largest absolute Gasteiger partial charge is 0.396 e. The van der Waals surface area contributed by atoms with Crippen molar-refractivity contribution in [1.29, 1.82) is 0 Å². The maximum Gasteiger partial charge on any atom is 0.123 e. The summed E-state index contributed by atoms with van der Waals surface area (Å²) in [6.07, 6.45) is 0.709. The fourth-order valence-electron chi connectivity index (χ4n) is 3.40. The molecule has 1 heterocycles. The average Bonchev–Trinajstić information content (AvgIpc) is 2.61. The topological polar surface area (TPSA) is 26.7 Å². The molecule has 1 unspecified atom stereocenters. The predicted molar refractivity (Wildman–Crippen MR) is 94.0 cm³/mol. The standard InChI is InChI=1S/C20H24F2N2O/c21-18-5-1-16(2-6-18)13-23-10-11-24(20(15-23)9-12-25)14-17-3-7-19(22)8-4-17/h1-8,20,25H,9-15H2. The molecule has 1 atom stereocenters. The Hall–Kier alpha value is -1.82. The summed E-state index contributed by atoms with van der Waals surface area (Å²) in [5, 5.41) is 9.41. The lowest BCUT2D eigenvalue weighted by Gasteiger charge is -2.41. The molecule has 1 aliphatic rings. The minimum Gasteiger partial charge on any atom is -0.396 e. The van der Waals surface area contributed by atoms with E-state index in [1.54, 1.807) is 0 Å². The Morgan fingerprint density at radius 3 is 1.96 bits per heavy atom. The van der Waals surface area contributed by atoms with Crippen molar-refractivity contribution in [3.05, 3.63) is 71.3 Å². The molecule has 1 N–H and O–H groups in total. The van der Waals surface area contributed by atoms with Gasteiger partial charge in [0.15, 0.2) is 0 Å². The number of hydrogen-bond donors (Lipinski definition) is 1. The van der Waals surface area contributed by atoms with Crippen molar-refractivity contribution >= 4 is 0 Å². The van der Waals surface area contributed by atoms with Crippen LogP contribution in [-0.4, -0.2) is 47.2 Å².